The molecular formula is C21H17FN6O2. The first-order chi connectivity index (χ1) is 14.6. The number of hydrogen-bond acceptors (Lipinski definition) is 5. The second-order valence-corrected chi connectivity index (χ2v) is 7.21. The number of carbonyl (C=O) groups excluding carboxylic acids is 2. The molecule has 30 heavy (non-hydrogen) atoms. The van der Waals surface area contributed by atoms with Crippen molar-refractivity contribution >= 4 is 22.6 Å². The van der Waals surface area contributed by atoms with Crippen LogP contribution in [0.3, 0.4) is 0 Å². The molecule has 4 aromatic rings. The monoisotopic (exact) mass is 404 g/mol. The average Bonchev–Trinajstić information content (AvgIpc) is 3.54. The fraction of sp³-hybridized carbons (Fsp3) is 0.190. The van der Waals surface area contributed by atoms with Gasteiger partial charge < -0.3 is 9.88 Å². The van der Waals surface area contributed by atoms with Crippen LogP contribution >= 0.6 is 0 Å². The van der Waals surface area contributed by atoms with Crippen LogP contribution in [0, 0.1) is 5.82 Å². The molecule has 1 unspecified atom stereocenters. The van der Waals surface area contributed by atoms with E-state index in [0.717, 1.165) is 18.2 Å². The lowest BCUT2D eigenvalue weighted by atomic mass is 9.99. The van der Waals surface area contributed by atoms with Gasteiger partial charge in [0.15, 0.2) is 11.6 Å². The molecule has 4 heterocycles. The number of Topliss-reactive ketones (excluding diaryl/α,β-unsaturated/α-hetero) is 1. The van der Waals surface area contributed by atoms with E-state index in [0.29, 0.717) is 18.9 Å². The van der Waals surface area contributed by atoms with Crippen LogP contribution in [0.4, 0.5) is 4.39 Å². The van der Waals surface area contributed by atoms with E-state index >= 15 is 0 Å². The highest BCUT2D eigenvalue weighted by molar-refractivity contribution is 6.45. The molecule has 9 heteroatoms. The summed E-state index contributed by atoms with van der Waals surface area (Å²) in [6.45, 7) is 0.950. The van der Waals surface area contributed by atoms with Crippen LogP contribution in [0.15, 0.2) is 55.1 Å². The number of likely N-dealkylation sites (tertiary alicyclic amines) is 1. The maximum atomic E-state index is 14.6. The standard InChI is InChI=1S/C21H17FN6O2/c22-16-11-24-20(28-9-7-25-26-28)18-17(16)15(10-23-18)19(29)21(30)27-8-6-14(12-27)13-4-2-1-3-5-13/h1-5,7,9-11,14,23H,6,8,12H2. The number of aromatic nitrogens is 5. The zero-order chi connectivity index (χ0) is 20.7. The van der Waals surface area contributed by atoms with Crippen molar-refractivity contribution in [3.05, 3.63) is 72.1 Å². The lowest BCUT2D eigenvalue weighted by Crippen LogP contribution is -2.34. The highest BCUT2D eigenvalue weighted by Crippen LogP contribution is 2.29. The highest BCUT2D eigenvalue weighted by Gasteiger charge is 2.33. The van der Waals surface area contributed by atoms with Crippen molar-refractivity contribution in [1.29, 1.82) is 0 Å². The van der Waals surface area contributed by atoms with Gasteiger partial charge in [-0.1, -0.05) is 35.5 Å². The SMILES string of the molecule is O=C(C(=O)N1CCC(c2ccccc2)C1)c1c[nH]c2c(-n3ccnn3)ncc(F)c12. The lowest BCUT2D eigenvalue weighted by molar-refractivity contribution is -0.125. The van der Waals surface area contributed by atoms with Crippen LogP contribution in [0.1, 0.15) is 28.3 Å². The molecule has 0 radical (unpaired) electrons. The summed E-state index contributed by atoms with van der Waals surface area (Å²) in [5.41, 5.74) is 1.40. The number of carbonyl (C=O) groups is 2. The molecule has 1 atom stereocenters. The van der Waals surface area contributed by atoms with Crippen molar-refractivity contribution in [2.45, 2.75) is 12.3 Å². The second-order valence-electron chi connectivity index (χ2n) is 7.21. The van der Waals surface area contributed by atoms with Gasteiger partial charge in [0.1, 0.15) is 0 Å². The minimum Gasteiger partial charge on any atom is -0.357 e. The number of H-pyrrole nitrogens is 1. The zero-order valence-corrected chi connectivity index (χ0v) is 15.8. The molecule has 1 aromatic carbocycles. The number of ketones is 1. The van der Waals surface area contributed by atoms with Crippen molar-refractivity contribution in [2.75, 3.05) is 13.1 Å². The summed E-state index contributed by atoms with van der Waals surface area (Å²) in [4.78, 5) is 34.3. The molecule has 1 aliphatic heterocycles. The Morgan fingerprint density at radius 1 is 1.20 bits per heavy atom. The van der Waals surface area contributed by atoms with E-state index in [9.17, 15) is 14.0 Å². The number of nitrogens with zero attached hydrogens (tertiary/aromatic N) is 5. The largest absolute Gasteiger partial charge is 0.357 e. The highest BCUT2D eigenvalue weighted by atomic mass is 19.1. The molecule has 0 saturated carbocycles. The Morgan fingerprint density at radius 3 is 2.80 bits per heavy atom. The lowest BCUT2D eigenvalue weighted by Gasteiger charge is -2.15. The molecule has 8 nitrogen and oxygen atoms in total. The van der Waals surface area contributed by atoms with Crippen LogP contribution in [0.2, 0.25) is 0 Å². The van der Waals surface area contributed by atoms with Gasteiger partial charge in [0.25, 0.3) is 11.7 Å². The first-order valence-electron chi connectivity index (χ1n) is 9.54. The van der Waals surface area contributed by atoms with Crippen LogP contribution in [0.25, 0.3) is 16.7 Å². The van der Waals surface area contributed by atoms with Gasteiger partial charge in [0, 0.05) is 25.2 Å². The van der Waals surface area contributed by atoms with E-state index in [-0.39, 0.29) is 22.4 Å². The quantitative estimate of drug-likeness (QED) is 0.416. The minimum absolute atomic E-state index is 0.0144. The number of halogens is 1. The molecule has 1 fully saturated rings. The number of hydrogen-bond donors (Lipinski definition) is 1. The van der Waals surface area contributed by atoms with Gasteiger partial charge in [-0.25, -0.2) is 14.1 Å². The summed E-state index contributed by atoms with van der Waals surface area (Å²) in [5, 5.41) is 7.60. The number of rotatable bonds is 4. The summed E-state index contributed by atoms with van der Waals surface area (Å²) in [6, 6.07) is 9.90. The first-order valence-corrected chi connectivity index (χ1v) is 9.54. The molecule has 1 saturated heterocycles. The Labute approximate surface area is 170 Å². The van der Waals surface area contributed by atoms with Crippen molar-refractivity contribution in [3.63, 3.8) is 0 Å². The summed E-state index contributed by atoms with van der Waals surface area (Å²) in [5.74, 6) is -1.58. The third-order valence-corrected chi connectivity index (χ3v) is 5.47. The van der Waals surface area contributed by atoms with Crippen LogP contribution in [-0.4, -0.2) is 54.6 Å². The van der Waals surface area contributed by atoms with Crippen molar-refractivity contribution in [3.8, 4) is 5.82 Å². The van der Waals surface area contributed by atoms with Gasteiger partial charge >= 0.3 is 0 Å². The van der Waals surface area contributed by atoms with Gasteiger partial charge in [-0.2, -0.15) is 0 Å². The summed E-state index contributed by atoms with van der Waals surface area (Å²) >= 11 is 0. The van der Waals surface area contributed by atoms with E-state index in [4.69, 9.17) is 0 Å². The number of pyridine rings is 1. The number of benzene rings is 1. The molecule has 1 N–H and O–H groups in total. The first kappa shape index (κ1) is 18.2. The van der Waals surface area contributed by atoms with Gasteiger partial charge in [-0.3, -0.25) is 9.59 Å². The molecule has 3 aromatic heterocycles. The molecular weight excluding hydrogens is 387 g/mol. The Morgan fingerprint density at radius 2 is 2.03 bits per heavy atom. The number of amides is 1. The van der Waals surface area contributed by atoms with Gasteiger partial charge in [0.05, 0.1) is 35.1 Å². The van der Waals surface area contributed by atoms with Crippen molar-refractivity contribution in [2.24, 2.45) is 0 Å². The number of fused-ring (bicyclic) bond motifs is 1. The average molecular weight is 404 g/mol. The summed E-state index contributed by atoms with van der Waals surface area (Å²) in [7, 11) is 0. The summed E-state index contributed by atoms with van der Waals surface area (Å²) in [6.07, 6.45) is 6.16. The van der Waals surface area contributed by atoms with Crippen LogP contribution in [-0.2, 0) is 4.79 Å². The van der Waals surface area contributed by atoms with Crippen LogP contribution in [0.5, 0.6) is 0 Å². The molecule has 1 amide bonds. The molecule has 0 spiro atoms. The van der Waals surface area contributed by atoms with E-state index in [2.05, 4.69) is 20.3 Å². The third-order valence-electron chi connectivity index (χ3n) is 5.47. The molecule has 5 rings (SSSR count). The molecule has 0 aliphatic carbocycles. The van der Waals surface area contributed by atoms with E-state index in [1.54, 1.807) is 6.20 Å². The molecule has 1 aliphatic rings. The Kier molecular flexibility index (Phi) is 4.35. The van der Waals surface area contributed by atoms with Crippen LogP contribution < -0.4 is 0 Å². The Hall–Kier alpha value is -3.88. The van der Waals surface area contributed by atoms with Crippen molar-refractivity contribution in [1.82, 2.24) is 29.9 Å². The maximum absolute atomic E-state index is 14.6. The Bertz CT molecular complexity index is 1240. The van der Waals surface area contributed by atoms with Gasteiger partial charge in [-0.05, 0) is 12.0 Å². The third kappa shape index (κ3) is 2.95. The van der Waals surface area contributed by atoms with E-state index < -0.39 is 17.5 Å². The fourth-order valence-corrected chi connectivity index (χ4v) is 3.97. The van der Waals surface area contributed by atoms with E-state index in [1.165, 1.54) is 22.0 Å². The predicted octanol–water partition coefficient (Wildman–Crippen LogP) is 2.48. The van der Waals surface area contributed by atoms with Crippen molar-refractivity contribution < 1.29 is 14.0 Å². The predicted molar refractivity (Wildman–Crippen MR) is 106 cm³/mol. The number of nitrogens with one attached hydrogen (secondary N) is 1. The Balaban J connectivity index is 1.44. The zero-order valence-electron chi connectivity index (χ0n) is 15.8. The number of aromatic amines is 1. The molecule has 0 bridgehead atoms. The molecule has 150 valence electrons. The maximum Gasteiger partial charge on any atom is 0.295 e. The summed E-state index contributed by atoms with van der Waals surface area (Å²) < 4.78 is 15.9. The van der Waals surface area contributed by atoms with E-state index in [1.807, 2.05) is 30.3 Å². The topological polar surface area (TPSA) is 96.8 Å². The smallest absolute Gasteiger partial charge is 0.295 e. The van der Waals surface area contributed by atoms with Gasteiger partial charge in [-0.15, -0.1) is 5.10 Å². The normalized spacial score (nSPS) is 16.3. The van der Waals surface area contributed by atoms with Gasteiger partial charge in [0.2, 0.25) is 0 Å². The fourth-order valence-electron chi connectivity index (χ4n) is 3.97. The minimum atomic E-state index is -0.746. The second kappa shape index (κ2) is 7.18.